The molecule has 1 saturated heterocycles. The van der Waals surface area contributed by atoms with Crippen LogP contribution in [0, 0.1) is 17.3 Å². The molecule has 1 aliphatic heterocycles. The molecule has 0 aromatic heterocycles. The Kier molecular flexibility index (Phi) is 4.52. The van der Waals surface area contributed by atoms with Gasteiger partial charge in [0.25, 0.3) is 5.91 Å². The number of Topliss-reactive ketones (excluding diaryl/α,β-unsaturated/α-hetero) is 1. The van der Waals surface area contributed by atoms with Crippen molar-refractivity contribution in [3.05, 3.63) is 29.8 Å². The Hall–Kier alpha value is -2.70. The topological polar surface area (TPSA) is 95.6 Å². The molecule has 4 amide bonds. The van der Waals surface area contributed by atoms with E-state index in [1.54, 1.807) is 24.3 Å². The van der Waals surface area contributed by atoms with Crippen molar-refractivity contribution in [2.75, 3.05) is 11.9 Å². The summed E-state index contributed by atoms with van der Waals surface area (Å²) in [6.45, 7) is 5.20. The first-order valence-corrected chi connectivity index (χ1v) is 10.2. The highest BCUT2D eigenvalue weighted by Gasteiger charge is 2.65. The maximum absolute atomic E-state index is 13.1. The summed E-state index contributed by atoms with van der Waals surface area (Å²) < 4.78 is 0. The second-order valence-electron chi connectivity index (χ2n) is 9.44. The molecule has 0 unspecified atom stereocenters. The van der Waals surface area contributed by atoms with Gasteiger partial charge in [-0.05, 0) is 61.8 Å². The lowest BCUT2D eigenvalue weighted by Crippen LogP contribution is -2.51. The van der Waals surface area contributed by atoms with Crippen molar-refractivity contribution < 1.29 is 19.2 Å². The number of hydrogen-bond donors (Lipinski definition) is 2. The maximum atomic E-state index is 13.1. The van der Waals surface area contributed by atoms with Crippen LogP contribution in [-0.2, 0) is 9.59 Å². The lowest BCUT2D eigenvalue weighted by Gasteiger charge is -2.26. The molecule has 0 spiro atoms. The highest BCUT2D eigenvalue weighted by molar-refractivity contribution is 6.12. The second-order valence-corrected chi connectivity index (χ2v) is 9.44. The van der Waals surface area contributed by atoms with E-state index in [0.29, 0.717) is 11.3 Å². The molecule has 1 aromatic rings. The van der Waals surface area contributed by atoms with Crippen molar-refractivity contribution in [3.8, 4) is 0 Å². The highest BCUT2D eigenvalue weighted by Crippen LogP contribution is 2.54. The minimum absolute atomic E-state index is 0.118. The predicted molar refractivity (Wildman–Crippen MR) is 107 cm³/mol. The Labute approximate surface area is 170 Å². The van der Waals surface area contributed by atoms with E-state index in [-0.39, 0.29) is 36.0 Å². The van der Waals surface area contributed by atoms with E-state index < -0.39 is 17.0 Å². The van der Waals surface area contributed by atoms with Crippen LogP contribution in [0.15, 0.2) is 24.3 Å². The third kappa shape index (κ3) is 3.54. The number of urea groups is 1. The zero-order chi connectivity index (χ0) is 21.0. The summed E-state index contributed by atoms with van der Waals surface area (Å²) in [6, 6.07) is 6.06. The van der Waals surface area contributed by atoms with Gasteiger partial charge in [0.2, 0.25) is 5.91 Å². The number of carbonyl (C=O) groups excluding carboxylic acids is 4. The molecule has 7 heteroatoms. The Morgan fingerprint density at radius 2 is 1.62 bits per heavy atom. The number of hydrogen-bond acceptors (Lipinski definition) is 4. The Morgan fingerprint density at radius 3 is 2.10 bits per heavy atom. The average molecular weight is 397 g/mol. The van der Waals surface area contributed by atoms with E-state index in [1.165, 1.54) is 0 Å². The van der Waals surface area contributed by atoms with E-state index in [9.17, 15) is 19.2 Å². The molecule has 2 N–H and O–H groups in total. The van der Waals surface area contributed by atoms with Crippen LogP contribution in [-0.4, -0.2) is 40.6 Å². The molecule has 29 heavy (non-hydrogen) atoms. The van der Waals surface area contributed by atoms with Crippen LogP contribution in [0.1, 0.15) is 56.8 Å². The molecular weight excluding hydrogens is 370 g/mol. The number of amides is 4. The van der Waals surface area contributed by atoms with Crippen molar-refractivity contribution >= 4 is 29.3 Å². The summed E-state index contributed by atoms with van der Waals surface area (Å²) in [4.78, 5) is 51.4. The smallest absolute Gasteiger partial charge is 0.325 e. The predicted octanol–water partition coefficient (Wildman–Crippen LogP) is 2.96. The summed E-state index contributed by atoms with van der Waals surface area (Å²) in [5.74, 6) is -0.249. The second kappa shape index (κ2) is 6.68. The summed E-state index contributed by atoms with van der Waals surface area (Å²) in [5.41, 5.74) is -0.306. The number of carbonyl (C=O) groups is 4. The largest absolute Gasteiger partial charge is 0.326 e. The van der Waals surface area contributed by atoms with Gasteiger partial charge in [0.1, 0.15) is 5.54 Å². The molecule has 154 valence electrons. The number of ketones is 1. The normalized spacial score (nSPS) is 21.1. The summed E-state index contributed by atoms with van der Waals surface area (Å²) >= 11 is 0. The van der Waals surface area contributed by atoms with Crippen molar-refractivity contribution in [3.63, 3.8) is 0 Å². The number of rotatable bonds is 6. The van der Waals surface area contributed by atoms with Crippen LogP contribution in [0.5, 0.6) is 0 Å². The highest BCUT2D eigenvalue weighted by atomic mass is 16.2. The quantitative estimate of drug-likeness (QED) is 0.570. The number of nitrogens with zero attached hydrogens (tertiary/aromatic N) is 1. The standard InChI is InChI=1S/C22H27N3O4/c1-21(2,3)18(27)23-16-10-4-13(5-11-16)17(26)12-25-19(28)22(14-6-7-14,15-8-9-15)24-20(25)29/h4-5,10-11,14-15H,6-9,12H2,1-3H3,(H,23,27)(H,24,29). The van der Waals surface area contributed by atoms with Gasteiger partial charge in [0, 0.05) is 16.7 Å². The van der Waals surface area contributed by atoms with Crippen LogP contribution >= 0.6 is 0 Å². The first kappa shape index (κ1) is 19.6. The fourth-order valence-electron chi connectivity index (χ4n) is 4.01. The fraction of sp³-hybridized carbons (Fsp3) is 0.545. The van der Waals surface area contributed by atoms with Crippen LogP contribution in [0.3, 0.4) is 0 Å². The summed E-state index contributed by atoms with van der Waals surface area (Å²) in [5, 5.41) is 5.74. The lowest BCUT2D eigenvalue weighted by atomic mass is 9.87. The average Bonchev–Trinajstić information content (AvgIpc) is 3.55. The minimum atomic E-state index is -0.779. The third-order valence-corrected chi connectivity index (χ3v) is 6.05. The van der Waals surface area contributed by atoms with Crippen molar-refractivity contribution in [1.29, 1.82) is 0 Å². The molecule has 7 nitrogen and oxygen atoms in total. The molecule has 1 aromatic carbocycles. The van der Waals surface area contributed by atoms with Gasteiger partial charge in [0.05, 0.1) is 6.54 Å². The van der Waals surface area contributed by atoms with Gasteiger partial charge in [0.15, 0.2) is 5.78 Å². The number of anilines is 1. The molecule has 4 rings (SSSR count). The summed E-state index contributed by atoms with van der Waals surface area (Å²) in [7, 11) is 0. The van der Waals surface area contributed by atoms with Gasteiger partial charge in [-0.15, -0.1) is 0 Å². The molecule has 0 bridgehead atoms. The van der Waals surface area contributed by atoms with E-state index in [2.05, 4.69) is 10.6 Å². The molecule has 0 radical (unpaired) electrons. The Bertz CT molecular complexity index is 864. The van der Waals surface area contributed by atoms with Gasteiger partial charge in [-0.2, -0.15) is 0 Å². The van der Waals surface area contributed by atoms with Gasteiger partial charge in [-0.25, -0.2) is 4.79 Å². The van der Waals surface area contributed by atoms with Crippen LogP contribution in [0.4, 0.5) is 10.5 Å². The van der Waals surface area contributed by atoms with Gasteiger partial charge >= 0.3 is 6.03 Å². The van der Waals surface area contributed by atoms with Crippen LogP contribution in [0.2, 0.25) is 0 Å². The van der Waals surface area contributed by atoms with E-state index >= 15 is 0 Å². The maximum Gasteiger partial charge on any atom is 0.325 e. The monoisotopic (exact) mass is 397 g/mol. The lowest BCUT2D eigenvalue weighted by molar-refractivity contribution is -0.132. The van der Waals surface area contributed by atoms with Crippen molar-refractivity contribution in [2.24, 2.45) is 17.3 Å². The number of nitrogens with one attached hydrogen (secondary N) is 2. The van der Waals surface area contributed by atoms with Gasteiger partial charge in [-0.3, -0.25) is 19.3 Å². The van der Waals surface area contributed by atoms with Gasteiger partial charge in [-0.1, -0.05) is 20.8 Å². The minimum Gasteiger partial charge on any atom is -0.326 e. The third-order valence-electron chi connectivity index (χ3n) is 6.05. The molecule has 2 aliphatic carbocycles. The van der Waals surface area contributed by atoms with Crippen molar-refractivity contribution in [1.82, 2.24) is 10.2 Å². The first-order valence-electron chi connectivity index (χ1n) is 10.2. The summed E-state index contributed by atoms with van der Waals surface area (Å²) in [6.07, 6.45) is 3.80. The van der Waals surface area contributed by atoms with Crippen LogP contribution in [0.25, 0.3) is 0 Å². The molecule has 2 saturated carbocycles. The molecular formula is C22H27N3O4. The first-order chi connectivity index (χ1) is 13.6. The number of benzene rings is 1. The molecule has 3 fully saturated rings. The van der Waals surface area contributed by atoms with E-state index in [4.69, 9.17) is 0 Å². The van der Waals surface area contributed by atoms with Gasteiger partial charge < -0.3 is 10.6 Å². The van der Waals surface area contributed by atoms with E-state index in [0.717, 1.165) is 30.6 Å². The van der Waals surface area contributed by atoms with E-state index in [1.807, 2.05) is 20.8 Å². The van der Waals surface area contributed by atoms with Crippen molar-refractivity contribution in [2.45, 2.75) is 52.0 Å². The number of imide groups is 1. The fourth-order valence-corrected chi connectivity index (χ4v) is 4.01. The zero-order valence-corrected chi connectivity index (χ0v) is 17.1. The molecule has 1 heterocycles. The Balaban J connectivity index is 1.43. The molecule has 0 atom stereocenters. The molecule has 3 aliphatic rings. The zero-order valence-electron chi connectivity index (χ0n) is 17.1. The Morgan fingerprint density at radius 1 is 1.07 bits per heavy atom. The SMILES string of the molecule is CC(C)(C)C(=O)Nc1ccc(C(=O)CN2C(=O)NC(C3CC3)(C3CC3)C2=O)cc1. The van der Waals surface area contributed by atoms with Crippen LogP contribution < -0.4 is 10.6 Å².